The molecule has 1 atom stereocenters. The maximum Gasteiger partial charge on any atom is 0.306 e. The van der Waals surface area contributed by atoms with E-state index in [0.717, 1.165) is 5.56 Å². The predicted octanol–water partition coefficient (Wildman–Crippen LogP) is 3.23. The number of esters is 1. The third-order valence-electron chi connectivity index (χ3n) is 3.53. The molecule has 0 aliphatic heterocycles. The summed E-state index contributed by atoms with van der Waals surface area (Å²) in [7, 11) is 0. The van der Waals surface area contributed by atoms with Crippen LogP contribution in [0.1, 0.15) is 30.4 Å². The third-order valence-corrected chi connectivity index (χ3v) is 3.53. The van der Waals surface area contributed by atoms with E-state index in [2.05, 4.69) is 5.32 Å². The van der Waals surface area contributed by atoms with Crippen LogP contribution in [0.15, 0.2) is 54.6 Å². The van der Waals surface area contributed by atoms with Crippen LogP contribution in [-0.4, -0.2) is 18.5 Å². The van der Waals surface area contributed by atoms with E-state index in [4.69, 9.17) is 10.00 Å². The molecular formula is C19H18N2O3. The van der Waals surface area contributed by atoms with E-state index in [1.807, 2.05) is 43.3 Å². The van der Waals surface area contributed by atoms with Gasteiger partial charge in [-0.05, 0) is 23.6 Å². The molecule has 5 nitrogen and oxygen atoms in total. The van der Waals surface area contributed by atoms with Crippen LogP contribution in [0.25, 0.3) is 0 Å². The Balaban J connectivity index is 1.81. The van der Waals surface area contributed by atoms with Gasteiger partial charge in [0.1, 0.15) is 6.07 Å². The molecule has 0 aliphatic carbocycles. The van der Waals surface area contributed by atoms with Crippen molar-refractivity contribution in [1.82, 2.24) is 0 Å². The first-order chi connectivity index (χ1) is 11.6. The van der Waals surface area contributed by atoms with Gasteiger partial charge in [-0.15, -0.1) is 0 Å². The molecular weight excluding hydrogens is 304 g/mol. The quantitative estimate of drug-likeness (QED) is 0.828. The number of nitriles is 1. The minimum absolute atomic E-state index is 0.0149. The van der Waals surface area contributed by atoms with Gasteiger partial charge in [-0.2, -0.15) is 5.26 Å². The van der Waals surface area contributed by atoms with E-state index in [9.17, 15) is 9.59 Å². The number of carbonyl (C=O) groups excluding carboxylic acids is 2. The first-order valence-corrected chi connectivity index (χ1v) is 7.59. The van der Waals surface area contributed by atoms with E-state index in [-0.39, 0.29) is 18.9 Å². The van der Waals surface area contributed by atoms with Gasteiger partial charge in [0.05, 0.1) is 17.7 Å². The highest BCUT2D eigenvalue weighted by Crippen LogP contribution is 2.19. The Morgan fingerprint density at radius 2 is 1.79 bits per heavy atom. The van der Waals surface area contributed by atoms with Gasteiger partial charge in [0.25, 0.3) is 5.91 Å². The van der Waals surface area contributed by atoms with Gasteiger partial charge in [-0.25, -0.2) is 0 Å². The summed E-state index contributed by atoms with van der Waals surface area (Å²) in [4.78, 5) is 23.7. The topological polar surface area (TPSA) is 79.2 Å². The molecule has 0 aliphatic rings. The van der Waals surface area contributed by atoms with Crippen LogP contribution in [0, 0.1) is 11.3 Å². The molecule has 0 heterocycles. The highest BCUT2D eigenvalue weighted by Gasteiger charge is 2.14. The molecule has 0 bridgehead atoms. The number of hydrogen-bond acceptors (Lipinski definition) is 4. The highest BCUT2D eigenvalue weighted by atomic mass is 16.5. The van der Waals surface area contributed by atoms with Gasteiger partial charge in [0.2, 0.25) is 0 Å². The fourth-order valence-corrected chi connectivity index (χ4v) is 2.23. The molecule has 0 radical (unpaired) electrons. The highest BCUT2D eigenvalue weighted by molar-refractivity contribution is 5.94. The minimum Gasteiger partial charge on any atom is -0.456 e. The van der Waals surface area contributed by atoms with Crippen LogP contribution in [0.2, 0.25) is 0 Å². The second-order valence-corrected chi connectivity index (χ2v) is 5.38. The number of nitrogens with zero attached hydrogens (tertiary/aromatic N) is 1. The number of rotatable bonds is 6. The Kier molecular flexibility index (Phi) is 6.09. The Bertz CT molecular complexity index is 751. The molecule has 1 amide bonds. The summed E-state index contributed by atoms with van der Waals surface area (Å²) in [6.07, 6.45) is 0.200. The average molecular weight is 322 g/mol. The monoisotopic (exact) mass is 322 g/mol. The van der Waals surface area contributed by atoms with Gasteiger partial charge in [-0.3, -0.25) is 9.59 Å². The molecule has 0 unspecified atom stereocenters. The summed E-state index contributed by atoms with van der Waals surface area (Å²) in [5.74, 6) is -0.894. The van der Waals surface area contributed by atoms with E-state index in [1.165, 1.54) is 0 Å². The van der Waals surface area contributed by atoms with Crippen molar-refractivity contribution in [2.45, 2.75) is 19.3 Å². The zero-order valence-corrected chi connectivity index (χ0v) is 13.4. The van der Waals surface area contributed by atoms with Crippen LogP contribution >= 0.6 is 0 Å². The van der Waals surface area contributed by atoms with Crippen LogP contribution in [0.3, 0.4) is 0 Å². The lowest BCUT2D eigenvalue weighted by Gasteiger charge is -2.11. The van der Waals surface area contributed by atoms with Crippen molar-refractivity contribution in [3.8, 4) is 6.07 Å². The first-order valence-electron chi connectivity index (χ1n) is 7.59. The summed E-state index contributed by atoms with van der Waals surface area (Å²) in [5.41, 5.74) is 1.80. The van der Waals surface area contributed by atoms with Crippen molar-refractivity contribution in [3.63, 3.8) is 0 Å². The van der Waals surface area contributed by atoms with Crippen molar-refractivity contribution in [1.29, 1.82) is 5.26 Å². The molecule has 24 heavy (non-hydrogen) atoms. The zero-order chi connectivity index (χ0) is 17.4. The van der Waals surface area contributed by atoms with E-state index >= 15 is 0 Å². The van der Waals surface area contributed by atoms with Crippen LogP contribution in [0.5, 0.6) is 0 Å². The number of carbonyl (C=O) groups is 2. The molecule has 0 spiro atoms. The SMILES string of the molecule is C[C@H](CC(=O)OCC(=O)Nc1ccccc1C#N)c1ccccc1. The number of benzene rings is 2. The van der Waals surface area contributed by atoms with Gasteiger partial charge >= 0.3 is 5.97 Å². The molecule has 2 aromatic carbocycles. The molecule has 0 saturated heterocycles. The van der Waals surface area contributed by atoms with Gasteiger partial charge in [0, 0.05) is 0 Å². The van der Waals surface area contributed by atoms with Gasteiger partial charge in [-0.1, -0.05) is 49.4 Å². The summed E-state index contributed by atoms with van der Waals surface area (Å²) < 4.78 is 5.01. The Hall–Kier alpha value is -3.13. The number of nitrogens with one attached hydrogen (secondary N) is 1. The maximum absolute atomic E-state index is 11.9. The second kappa shape index (κ2) is 8.49. The molecule has 0 saturated carbocycles. The van der Waals surface area contributed by atoms with E-state index in [0.29, 0.717) is 11.3 Å². The lowest BCUT2D eigenvalue weighted by atomic mass is 9.98. The van der Waals surface area contributed by atoms with Crippen LogP contribution < -0.4 is 5.32 Å². The number of amides is 1. The molecule has 2 aromatic rings. The Labute approximate surface area is 140 Å². The van der Waals surface area contributed by atoms with Gasteiger partial charge < -0.3 is 10.1 Å². The zero-order valence-electron chi connectivity index (χ0n) is 13.4. The number of hydrogen-bond donors (Lipinski definition) is 1. The normalized spacial score (nSPS) is 11.2. The molecule has 5 heteroatoms. The van der Waals surface area contributed by atoms with Crippen molar-refractivity contribution >= 4 is 17.6 Å². The number of ether oxygens (including phenoxy) is 1. The van der Waals surface area contributed by atoms with Crippen molar-refractivity contribution in [2.24, 2.45) is 0 Å². The van der Waals surface area contributed by atoms with Crippen molar-refractivity contribution in [3.05, 3.63) is 65.7 Å². The number of anilines is 1. The fourth-order valence-electron chi connectivity index (χ4n) is 2.23. The van der Waals surface area contributed by atoms with Crippen molar-refractivity contribution < 1.29 is 14.3 Å². The smallest absolute Gasteiger partial charge is 0.306 e. The lowest BCUT2D eigenvalue weighted by Crippen LogP contribution is -2.21. The van der Waals surface area contributed by atoms with Crippen LogP contribution in [-0.2, 0) is 14.3 Å². The van der Waals surface area contributed by atoms with Crippen LogP contribution in [0.4, 0.5) is 5.69 Å². The largest absolute Gasteiger partial charge is 0.456 e. The molecule has 122 valence electrons. The van der Waals surface area contributed by atoms with Gasteiger partial charge in [0.15, 0.2) is 6.61 Å². The number of para-hydroxylation sites is 1. The summed E-state index contributed by atoms with van der Waals surface area (Å²) in [6.45, 7) is 1.56. The maximum atomic E-state index is 11.9. The molecule has 2 rings (SSSR count). The summed E-state index contributed by atoms with van der Waals surface area (Å²) >= 11 is 0. The fraction of sp³-hybridized carbons (Fsp3) is 0.211. The molecule has 0 aromatic heterocycles. The lowest BCUT2D eigenvalue weighted by molar-refractivity contribution is -0.147. The predicted molar refractivity (Wildman–Crippen MR) is 90.2 cm³/mol. The second-order valence-electron chi connectivity index (χ2n) is 5.38. The third kappa shape index (κ3) is 4.96. The van der Waals surface area contributed by atoms with E-state index in [1.54, 1.807) is 24.3 Å². The first kappa shape index (κ1) is 17.2. The van der Waals surface area contributed by atoms with Crippen molar-refractivity contribution in [2.75, 3.05) is 11.9 Å². The average Bonchev–Trinajstić information content (AvgIpc) is 2.61. The van der Waals surface area contributed by atoms with E-state index < -0.39 is 11.9 Å². The molecule has 0 fully saturated rings. The Morgan fingerprint density at radius 1 is 1.12 bits per heavy atom. The Morgan fingerprint density at radius 3 is 2.50 bits per heavy atom. The molecule has 1 N–H and O–H groups in total. The minimum atomic E-state index is -0.474. The summed E-state index contributed by atoms with van der Waals surface area (Å²) in [5, 5.41) is 11.5. The standard InChI is InChI=1S/C19H18N2O3/c1-14(15-7-3-2-4-8-15)11-19(23)24-13-18(22)21-17-10-6-5-9-16(17)12-20/h2-10,14H,11,13H2,1H3,(H,21,22)/t14-/m1/s1. The summed E-state index contributed by atoms with van der Waals surface area (Å²) in [6, 6.07) is 18.3.